The summed E-state index contributed by atoms with van der Waals surface area (Å²) in [6, 6.07) is 4.91. The van der Waals surface area contributed by atoms with E-state index in [0.717, 1.165) is 21.5 Å². The molecule has 2 aliphatic carbocycles. The van der Waals surface area contributed by atoms with Gasteiger partial charge in [-0.3, -0.25) is 9.78 Å². The van der Waals surface area contributed by atoms with Gasteiger partial charge in [0.15, 0.2) is 5.75 Å². The van der Waals surface area contributed by atoms with E-state index in [4.69, 9.17) is 9.47 Å². The molecule has 2 heterocycles. The maximum atomic E-state index is 14.2. The predicted octanol–water partition coefficient (Wildman–Crippen LogP) is 3.95. The molecule has 0 saturated heterocycles. The number of fused-ring (bicyclic) bond motifs is 3. The molecule has 5 rings (SSSR count). The van der Waals surface area contributed by atoms with Gasteiger partial charge in [-0.25, -0.2) is 8.42 Å². The van der Waals surface area contributed by atoms with E-state index >= 15 is 0 Å². The van der Waals surface area contributed by atoms with Gasteiger partial charge in [0.05, 0.1) is 42.1 Å². The maximum Gasteiger partial charge on any atom is 0.338 e. The van der Waals surface area contributed by atoms with Crippen molar-refractivity contribution in [1.82, 2.24) is 13.9 Å². The summed E-state index contributed by atoms with van der Waals surface area (Å²) in [7, 11) is -1.10. The molecule has 2 fully saturated rings. The minimum atomic E-state index is -4.16. The van der Waals surface area contributed by atoms with Crippen LogP contribution in [0.5, 0.6) is 11.5 Å². The number of pyridine rings is 1. The molecule has 11 heteroatoms. The molecule has 0 N–H and O–H groups in total. The molecule has 204 valence electrons. The number of rotatable bonds is 8. The molecule has 2 aliphatic rings. The standard InChI is InChI=1S/C27H33N3O6S2/c1-16-13-28-21(17(2)24(16)36-6)14-37(32)25-29-20-8-7-19(35-5)12-22(20)30(25)38(33,34)15-27-10-9-18(11-23(27)31)26(27,3)4/h7-8,12-13,18H,9-11,14-15H2,1-6H3/t18?,27?,37-/m0/s1. The number of nitrogens with zero attached hydrogens (tertiary/aromatic N) is 3. The first-order valence-corrected chi connectivity index (χ1v) is 15.5. The molecule has 0 radical (unpaired) electrons. The maximum absolute atomic E-state index is 14.2. The number of aryl methyl sites for hydroxylation is 1. The molecule has 2 saturated carbocycles. The highest BCUT2D eigenvalue weighted by atomic mass is 32.2. The van der Waals surface area contributed by atoms with Crippen molar-refractivity contribution < 1.29 is 27.2 Å². The van der Waals surface area contributed by atoms with E-state index in [1.807, 2.05) is 27.7 Å². The van der Waals surface area contributed by atoms with Crippen LogP contribution in [0.4, 0.5) is 0 Å². The van der Waals surface area contributed by atoms with Crippen molar-refractivity contribution in [3.05, 3.63) is 41.2 Å². The van der Waals surface area contributed by atoms with Crippen molar-refractivity contribution in [3.63, 3.8) is 0 Å². The topological polar surface area (TPSA) is 123 Å². The van der Waals surface area contributed by atoms with E-state index in [-0.39, 0.29) is 33.9 Å². The first-order valence-electron chi connectivity index (χ1n) is 12.6. The van der Waals surface area contributed by atoms with Gasteiger partial charge in [0, 0.05) is 41.0 Å². The Labute approximate surface area is 226 Å². The van der Waals surface area contributed by atoms with Gasteiger partial charge in [-0.2, -0.15) is 8.96 Å². The van der Waals surface area contributed by atoms with Crippen molar-refractivity contribution in [3.8, 4) is 11.5 Å². The highest BCUT2D eigenvalue weighted by Crippen LogP contribution is 2.64. The molecule has 9 nitrogen and oxygen atoms in total. The van der Waals surface area contributed by atoms with Crippen LogP contribution in [0, 0.1) is 30.6 Å². The summed E-state index contributed by atoms with van der Waals surface area (Å²) in [6.45, 7) is 7.70. The van der Waals surface area contributed by atoms with E-state index in [1.54, 1.807) is 31.5 Å². The predicted molar refractivity (Wildman–Crippen MR) is 144 cm³/mol. The lowest BCUT2D eigenvalue weighted by Gasteiger charge is -2.36. The number of carbonyl (C=O) groups excluding carboxylic acids is 1. The van der Waals surface area contributed by atoms with Crippen molar-refractivity contribution in [2.24, 2.45) is 16.7 Å². The summed E-state index contributed by atoms with van der Waals surface area (Å²) in [5.74, 6) is 0.863. The van der Waals surface area contributed by atoms with Gasteiger partial charge in [-0.15, -0.1) is 0 Å². The second-order valence-electron chi connectivity index (χ2n) is 11.0. The number of ketones is 1. The van der Waals surface area contributed by atoms with Crippen LogP contribution in [0.15, 0.2) is 29.6 Å². The third kappa shape index (κ3) is 3.93. The van der Waals surface area contributed by atoms with Gasteiger partial charge < -0.3 is 14.0 Å². The quantitative estimate of drug-likeness (QED) is 0.380. The summed E-state index contributed by atoms with van der Waals surface area (Å²) >= 11 is -1.87. The SMILES string of the molecule is COc1ccc2nc([S@@+]([O-])Cc3ncc(C)c(OC)c3C)n(S(=O)(=O)CC34CCC(CC3=O)C4(C)C)c2c1. The van der Waals surface area contributed by atoms with Crippen LogP contribution in [0.3, 0.4) is 0 Å². The largest absolute Gasteiger partial charge is 0.609 e. The molecule has 1 aromatic carbocycles. The lowest BCUT2D eigenvalue weighted by atomic mass is 9.70. The number of benzene rings is 1. The zero-order chi connectivity index (χ0) is 27.6. The van der Waals surface area contributed by atoms with Crippen LogP contribution >= 0.6 is 0 Å². The second kappa shape index (κ2) is 9.24. The average molecular weight is 560 g/mol. The number of carbonyl (C=O) groups is 1. The zero-order valence-electron chi connectivity index (χ0n) is 22.5. The Kier molecular flexibility index (Phi) is 6.55. The second-order valence-corrected chi connectivity index (χ2v) is 14.1. The Morgan fingerprint density at radius 2 is 1.95 bits per heavy atom. The fourth-order valence-electron chi connectivity index (χ4n) is 6.44. The molecule has 2 bridgehead atoms. The minimum Gasteiger partial charge on any atom is -0.609 e. The first kappa shape index (κ1) is 27.0. The van der Waals surface area contributed by atoms with E-state index < -0.39 is 32.0 Å². The fraction of sp³-hybridized carbons (Fsp3) is 0.519. The normalized spacial score (nSPS) is 23.2. The lowest BCUT2D eigenvalue weighted by Crippen LogP contribution is -2.43. The molecule has 0 aliphatic heterocycles. The number of hydrogen-bond donors (Lipinski definition) is 0. The molecular weight excluding hydrogens is 526 g/mol. The van der Waals surface area contributed by atoms with Crippen molar-refractivity contribution in [2.45, 2.75) is 57.9 Å². The molecule has 2 unspecified atom stereocenters. The smallest absolute Gasteiger partial charge is 0.338 e. The fourth-order valence-corrected chi connectivity index (χ4v) is 10.3. The van der Waals surface area contributed by atoms with Gasteiger partial charge in [0.1, 0.15) is 17.3 Å². The first-order chi connectivity index (χ1) is 17.9. The molecule has 3 aromatic rings. The van der Waals surface area contributed by atoms with Crippen LogP contribution in [0.1, 0.15) is 49.9 Å². The molecule has 2 aromatic heterocycles. The van der Waals surface area contributed by atoms with Crippen molar-refractivity contribution >= 4 is 38.0 Å². The summed E-state index contributed by atoms with van der Waals surface area (Å²) in [5, 5.41) is -0.0943. The Morgan fingerprint density at radius 1 is 1.21 bits per heavy atom. The van der Waals surface area contributed by atoms with Crippen LogP contribution in [-0.4, -0.2) is 52.7 Å². The number of aromatic nitrogens is 3. The summed E-state index contributed by atoms with van der Waals surface area (Å²) < 4.78 is 54.2. The third-order valence-electron chi connectivity index (χ3n) is 8.86. The van der Waals surface area contributed by atoms with Gasteiger partial charge in [-0.1, -0.05) is 13.8 Å². The van der Waals surface area contributed by atoms with E-state index in [2.05, 4.69) is 9.97 Å². The van der Waals surface area contributed by atoms with Crippen LogP contribution < -0.4 is 9.47 Å². The minimum absolute atomic E-state index is 0.00132. The molecule has 0 spiro atoms. The molecule has 0 amide bonds. The molecule has 38 heavy (non-hydrogen) atoms. The number of ether oxygens (including phenoxy) is 2. The Balaban J connectivity index is 1.63. The monoisotopic (exact) mass is 559 g/mol. The van der Waals surface area contributed by atoms with Crippen LogP contribution in [0.25, 0.3) is 11.0 Å². The Morgan fingerprint density at radius 3 is 2.55 bits per heavy atom. The summed E-state index contributed by atoms with van der Waals surface area (Å²) in [5.41, 5.74) is 1.35. The van der Waals surface area contributed by atoms with Gasteiger partial charge >= 0.3 is 5.16 Å². The number of imidazole rings is 1. The Hall–Kier alpha value is -2.63. The van der Waals surface area contributed by atoms with E-state index in [0.29, 0.717) is 35.6 Å². The van der Waals surface area contributed by atoms with Crippen molar-refractivity contribution in [2.75, 3.05) is 20.0 Å². The van der Waals surface area contributed by atoms with Crippen LogP contribution in [0.2, 0.25) is 0 Å². The van der Waals surface area contributed by atoms with Crippen LogP contribution in [-0.2, 0) is 31.7 Å². The number of Topliss-reactive ketones (excluding diaryl/α,β-unsaturated/α-hetero) is 1. The van der Waals surface area contributed by atoms with Gasteiger partial charge in [-0.05, 0) is 50.2 Å². The highest BCUT2D eigenvalue weighted by Gasteiger charge is 2.65. The lowest BCUT2D eigenvalue weighted by molar-refractivity contribution is -0.128. The number of hydrogen-bond acceptors (Lipinski definition) is 8. The van der Waals surface area contributed by atoms with Gasteiger partial charge in [0.25, 0.3) is 0 Å². The molecule has 3 atom stereocenters. The Bertz CT molecular complexity index is 1550. The molecular formula is C27H33N3O6S2. The van der Waals surface area contributed by atoms with Crippen molar-refractivity contribution in [1.29, 1.82) is 0 Å². The van der Waals surface area contributed by atoms with E-state index in [9.17, 15) is 17.8 Å². The van der Waals surface area contributed by atoms with E-state index in [1.165, 1.54) is 7.11 Å². The average Bonchev–Trinajstić information content (AvgIpc) is 3.42. The third-order valence-corrected chi connectivity index (χ3v) is 12.0. The highest BCUT2D eigenvalue weighted by molar-refractivity contribution is 7.93. The number of methoxy groups -OCH3 is 2. The summed E-state index contributed by atoms with van der Waals surface area (Å²) in [6.07, 6.45) is 3.40. The summed E-state index contributed by atoms with van der Waals surface area (Å²) in [4.78, 5) is 22.1. The van der Waals surface area contributed by atoms with Gasteiger partial charge in [0.2, 0.25) is 10.0 Å². The zero-order valence-corrected chi connectivity index (χ0v) is 24.2.